The van der Waals surface area contributed by atoms with E-state index in [0.717, 1.165) is 19.0 Å². The van der Waals surface area contributed by atoms with Crippen LogP contribution in [0.1, 0.15) is 19.3 Å². The van der Waals surface area contributed by atoms with E-state index in [2.05, 4.69) is 5.32 Å². The summed E-state index contributed by atoms with van der Waals surface area (Å²) in [6.07, 6.45) is 3.64. The zero-order chi connectivity index (χ0) is 6.32. The van der Waals surface area contributed by atoms with Crippen LogP contribution in [0.4, 0.5) is 0 Å². The van der Waals surface area contributed by atoms with Crippen LogP contribution < -0.4 is 5.32 Å². The van der Waals surface area contributed by atoms with E-state index in [1.165, 1.54) is 12.8 Å². The molecule has 2 heterocycles. The van der Waals surface area contributed by atoms with Gasteiger partial charge in [-0.3, -0.25) is 0 Å². The third-order valence-electron chi connectivity index (χ3n) is 2.77. The van der Waals surface area contributed by atoms with Crippen LogP contribution in [0.5, 0.6) is 0 Å². The van der Waals surface area contributed by atoms with Gasteiger partial charge in [-0.05, 0) is 24.7 Å². The highest BCUT2D eigenvalue weighted by Gasteiger charge is 2.49. The summed E-state index contributed by atoms with van der Waals surface area (Å²) in [6, 6.07) is 0.802. The average Bonchev–Trinajstić information content (AvgIpc) is 2.22. The molecule has 2 nitrogen and oxygen atoms in total. The number of aliphatic hydroxyl groups excluding tert-OH is 1. The fraction of sp³-hybridized carbons (Fsp3) is 1.00. The van der Waals surface area contributed by atoms with Gasteiger partial charge in [0.25, 0.3) is 0 Å². The minimum absolute atomic E-state index is 0.369. The number of rotatable bonds is 2. The van der Waals surface area contributed by atoms with Gasteiger partial charge in [0.2, 0.25) is 0 Å². The second kappa shape index (κ2) is 1.70. The molecule has 2 heteroatoms. The topological polar surface area (TPSA) is 32.3 Å². The average molecular weight is 127 g/mol. The van der Waals surface area contributed by atoms with Crippen molar-refractivity contribution in [3.8, 4) is 0 Å². The van der Waals surface area contributed by atoms with Gasteiger partial charge in [-0.2, -0.15) is 0 Å². The van der Waals surface area contributed by atoms with Crippen LogP contribution in [0, 0.1) is 5.41 Å². The van der Waals surface area contributed by atoms with Gasteiger partial charge in [-0.15, -0.1) is 0 Å². The Hall–Kier alpha value is -0.0800. The Kier molecular flexibility index (Phi) is 1.08. The van der Waals surface area contributed by atoms with E-state index in [-0.39, 0.29) is 0 Å². The lowest BCUT2D eigenvalue weighted by atomic mass is 9.68. The standard InChI is InChI=1S/C7H13NO/c9-2-1-7-3-6(4-7)8-5-7/h6,8-9H,1-5H2. The molecule has 9 heavy (non-hydrogen) atoms. The van der Waals surface area contributed by atoms with Crippen LogP contribution in [0.3, 0.4) is 0 Å². The molecule has 1 aliphatic carbocycles. The first-order valence-electron chi connectivity index (χ1n) is 3.69. The Bertz CT molecular complexity index is 113. The van der Waals surface area contributed by atoms with E-state index >= 15 is 0 Å². The SMILES string of the molecule is OCCC12CNC(C1)C2. The molecule has 3 aliphatic rings. The van der Waals surface area contributed by atoms with Crippen LogP contribution in [0.25, 0.3) is 0 Å². The third-order valence-corrected chi connectivity index (χ3v) is 2.77. The first-order chi connectivity index (χ1) is 4.35. The minimum atomic E-state index is 0.369. The highest BCUT2D eigenvalue weighted by Crippen LogP contribution is 2.48. The van der Waals surface area contributed by atoms with Crippen molar-refractivity contribution in [3.63, 3.8) is 0 Å². The second-order valence-electron chi connectivity index (χ2n) is 3.46. The summed E-state index contributed by atoms with van der Waals surface area (Å²) in [5, 5.41) is 12.1. The van der Waals surface area contributed by atoms with Gasteiger partial charge >= 0.3 is 0 Å². The summed E-state index contributed by atoms with van der Waals surface area (Å²) < 4.78 is 0. The van der Waals surface area contributed by atoms with E-state index in [0.29, 0.717) is 12.0 Å². The Morgan fingerprint density at radius 3 is 2.78 bits per heavy atom. The lowest BCUT2D eigenvalue weighted by molar-refractivity contribution is 0.134. The highest BCUT2D eigenvalue weighted by molar-refractivity contribution is 5.05. The molecule has 0 aromatic heterocycles. The number of nitrogens with one attached hydrogen (secondary N) is 1. The van der Waals surface area contributed by atoms with Crippen molar-refractivity contribution in [2.24, 2.45) is 5.41 Å². The van der Waals surface area contributed by atoms with E-state index in [1.807, 2.05) is 0 Å². The van der Waals surface area contributed by atoms with Gasteiger partial charge < -0.3 is 10.4 Å². The van der Waals surface area contributed by atoms with Crippen LogP contribution in [-0.2, 0) is 0 Å². The van der Waals surface area contributed by atoms with Crippen LogP contribution >= 0.6 is 0 Å². The maximum Gasteiger partial charge on any atom is 0.0436 e. The van der Waals surface area contributed by atoms with Crippen LogP contribution in [0.2, 0.25) is 0 Å². The largest absolute Gasteiger partial charge is 0.396 e. The maximum atomic E-state index is 8.69. The van der Waals surface area contributed by atoms with Crippen LogP contribution in [-0.4, -0.2) is 24.3 Å². The molecule has 0 amide bonds. The molecular formula is C7H13NO. The summed E-state index contributed by atoms with van der Waals surface area (Å²) in [5.74, 6) is 0. The Balaban J connectivity index is 1.95. The van der Waals surface area contributed by atoms with Gasteiger partial charge in [-0.1, -0.05) is 0 Å². The number of hydrogen-bond donors (Lipinski definition) is 2. The molecule has 3 fully saturated rings. The van der Waals surface area contributed by atoms with Crippen LogP contribution in [0.15, 0.2) is 0 Å². The minimum Gasteiger partial charge on any atom is -0.396 e. The molecule has 1 saturated carbocycles. The zero-order valence-electron chi connectivity index (χ0n) is 5.56. The maximum absolute atomic E-state index is 8.69. The molecule has 2 bridgehead atoms. The van der Waals surface area contributed by atoms with Crippen molar-refractivity contribution in [3.05, 3.63) is 0 Å². The first kappa shape index (κ1) is 5.69. The normalized spacial score (nSPS) is 47.0. The molecule has 52 valence electrons. The van der Waals surface area contributed by atoms with Gasteiger partial charge in [0.15, 0.2) is 0 Å². The lowest BCUT2D eigenvalue weighted by Crippen LogP contribution is -2.34. The highest BCUT2D eigenvalue weighted by atomic mass is 16.3. The van der Waals surface area contributed by atoms with E-state index < -0.39 is 0 Å². The fourth-order valence-electron chi connectivity index (χ4n) is 2.16. The predicted molar refractivity (Wildman–Crippen MR) is 35.2 cm³/mol. The predicted octanol–water partition coefficient (Wildman–Crippen LogP) is 0.121. The number of hydrogen-bond acceptors (Lipinski definition) is 2. The summed E-state index contributed by atoms with van der Waals surface area (Å²) in [4.78, 5) is 0. The lowest BCUT2D eigenvalue weighted by Gasteiger charge is -2.36. The second-order valence-corrected chi connectivity index (χ2v) is 3.46. The van der Waals surface area contributed by atoms with E-state index in [1.54, 1.807) is 0 Å². The molecule has 2 aliphatic heterocycles. The van der Waals surface area contributed by atoms with E-state index in [4.69, 9.17) is 5.11 Å². The quantitative estimate of drug-likeness (QED) is 0.552. The molecule has 0 atom stereocenters. The van der Waals surface area contributed by atoms with Crippen molar-refractivity contribution < 1.29 is 5.11 Å². The molecule has 2 N–H and O–H groups in total. The van der Waals surface area contributed by atoms with Gasteiger partial charge in [0.05, 0.1) is 0 Å². The Labute approximate surface area is 55.3 Å². The van der Waals surface area contributed by atoms with Crippen molar-refractivity contribution in [1.82, 2.24) is 5.32 Å². The Morgan fingerprint density at radius 1 is 1.56 bits per heavy atom. The van der Waals surface area contributed by atoms with Crippen molar-refractivity contribution in [2.75, 3.05) is 13.2 Å². The molecule has 0 aromatic rings. The number of fused-ring (bicyclic) bond motifs is 1. The van der Waals surface area contributed by atoms with Gasteiger partial charge in [-0.25, -0.2) is 0 Å². The van der Waals surface area contributed by atoms with Gasteiger partial charge in [0.1, 0.15) is 0 Å². The summed E-state index contributed by atoms with van der Waals surface area (Å²) in [6.45, 7) is 1.52. The smallest absolute Gasteiger partial charge is 0.0436 e. The van der Waals surface area contributed by atoms with Gasteiger partial charge in [0, 0.05) is 19.2 Å². The summed E-state index contributed by atoms with van der Waals surface area (Å²) in [5.41, 5.74) is 0.527. The molecule has 2 saturated heterocycles. The number of aliphatic hydroxyl groups is 1. The third kappa shape index (κ3) is 0.700. The molecule has 0 aromatic carbocycles. The molecule has 0 unspecified atom stereocenters. The van der Waals surface area contributed by atoms with Crippen molar-refractivity contribution in [2.45, 2.75) is 25.3 Å². The first-order valence-corrected chi connectivity index (χ1v) is 3.69. The zero-order valence-corrected chi connectivity index (χ0v) is 5.56. The molecule has 0 spiro atoms. The molecular weight excluding hydrogens is 114 g/mol. The summed E-state index contributed by atoms with van der Waals surface area (Å²) >= 11 is 0. The molecule has 0 radical (unpaired) electrons. The van der Waals surface area contributed by atoms with Crippen molar-refractivity contribution in [1.29, 1.82) is 0 Å². The van der Waals surface area contributed by atoms with Crippen molar-refractivity contribution >= 4 is 0 Å². The summed E-state index contributed by atoms with van der Waals surface area (Å²) in [7, 11) is 0. The Morgan fingerprint density at radius 2 is 2.33 bits per heavy atom. The molecule has 3 rings (SSSR count). The monoisotopic (exact) mass is 127 g/mol. The van der Waals surface area contributed by atoms with E-state index in [9.17, 15) is 0 Å². The fourth-order valence-corrected chi connectivity index (χ4v) is 2.16.